The molecule has 4 aromatic rings. The predicted molar refractivity (Wildman–Crippen MR) is 172 cm³/mol. The SMILES string of the molecule is COc1ccc(S(=O)(=O)N2C(=O)C(c3ccc(CN4CCCC4)cc3OC)(N3CCCC3c3ncco3)c3cc(C#N)ccc32)cc1. The molecule has 3 aliphatic heterocycles. The first-order valence-corrected chi connectivity index (χ1v) is 17.1. The molecule has 0 radical (unpaired) electrons. The Morgan fingerprint density at radius 1 is 0.979 bits per heavy atom. The highest BCUT2D eigenvalue weighted by atomic mass is 32.2. The molecule has 0 saturated carbocycles. The van der Waals surface area contributed by atoms with Crippen LogP contribution in [-0.2, 0) is 26.9 Å². The lowest BCUT2D eigenvalue weighted by atomic mass is 9.80. The number of rotatable bonds is 9. The number of aromatic nitrogens is 1. The van der Waals surface area contributed by atoms with Crippen LogP contribution < -0.4 is 13.8 Å². The number of ether oxygens (including phenoxy) is 2. The van der Waals surface area contributed by atoms with Crippen molar-refractivity contribution in [3.05, 3.63) is 101 Å². The van der Waals surface area contributed by atoms with Crippen LogP contribution >= 0.6 is 0 Å². The summed E-state index contributed by atoms with van der Waals surface area (Å²) in [5.74, 6) is 0.663. The van der Waals surface area contributed by atoms with Crippen LogP contribution in [0.1, 0.15) is 59.9 Å². The maximum absolute atomic E-state index is 15.4. The quantitative estimate of drug-likeness (QED) is 0.244. The Labute approximate surface area is 274 Å². The summed E-state index contributed by atoms with van der Waals surface area (Å²) in [7, 11) is -1.39. The summed E-state index contributed by atoms with van der Waals surface area (Å²) in [5, 5.41) is 10.0. The molecular formula is C35H35N5O6S. The van der Waals surface area contributed by atoms with Gasteiger partial charge in [-0.3, -0.25) is 14.6 Å². The van der Waals surface area contributed by atoms with Crippen LogP contribution in [0, 0.1) is 11.3 Å². The maximum atomic E-state index is 15.4. The molecule has 0 spiro atoms. The number of anilines is 1. The van der Waals surface area contributed by atoms with Gasteiger partial charge >= 0.3 is 0 Å². The van der Waals surface area contributed by atoms with Gasteiger partial charge in [-0.2, -0.15) is 5.26 Å². The molecule has 2 atom stereocenters. The summed E-state index contributed by atoms with van der Waals surface area (Å²) < 4.78 is 47.0. The number of sulfonamides is 1. The van der Waals surface area contributed by atoms with E-state index in [-0.39, 0.29) is 10.6 Å². The number of amides is 1. The lowest BCUT2D eigenvalue weighted by Gasteiger charge is -2.41. The van der Waals surface area contributed by atoms with Gasteiger partial charge in [0.2, 0.25) is 5.89 Å². The minimum Gasteiger partial charge on any atom is -0.497 e. The average Bonchev–Trinajstić information content (AvgIpc) is 3.92. The Morgan fingerprint density at radius 2 is 1.77 bits per heavy atom. The van der Waals surface area contributed by atoms with E-state index < -0.39 is 27.5 Å². The van der Waals surface area contributed by atoms with Gasteiger partial charge in [-0.25, -0.2) is 17.7 Å². The van der Waals surface area contributed by atoms with Gasteiger partial charge in [0.1, 0.15) is 17.8 Å². The van der Waals surface area contributed by atoms with Crippen LogP contribution in [0.25, 0.3) is 0 Å². The van der Waals surface area contributed by atoms with Gasteiger partial charge in [-0.1, -0.05) is 12.1 Å². The van der Waals surface area contributed by atoms with Crippen molar-refractivity contribution in [3.63, 3.8) is 0 Å². The second-order valence-electron chi connectivity index (χ2n) is 12.0. The van der Waals surface area contributed by atoms with Crippen molar-refractivity contribution in [1.29, 1.82) is 5.26 Å². The molecule has 0 N–H and O–H groups in total. The fourth-order valence-corrected chi connectivity index (χ4v) is 8.84. The third kappa shape index (κ3) is 4.97. The van der Waals surface area contributed by atoms with E-state index in [0.717, 1.165) is 42.3 Å². The molecule has 4 heterocycles. The van der Waals surface area contributed by atoms with E-state index in [1.165, 1.54) is 31.6 Å². The van der Waals surface area contributed by atoms with Gasteiger partial charge in [-0.05, 0) is 92.9 Å². The van der Waals surface area contributed by atoms with E-state index in [2.05, 4.69) is 16.0 Å². The summed E-state index contributed by atoms with van der Waals surface area (Å²) in [6.07, 6.45) is 6.69. The van der Waals surface area contributed by atoms with E-state index in [9.17, 15) is 13.7 Å². The van der Waals surface area contributed by atoms with Crippen molar-refractivity contribution < 1.29 is 27.1 Å². The zero-order valence-electron chi connectivity index (χ0n) is 26.3. The highest BCUT2D eigenvalue weighted by Gasteiger charge is 2.62. The lowest BCUT2D eigenvalue weighted by molar-refractivity contribution is -0.127. The molecule has 1 amide bonds. The molecule has 1 aromatic heterocycles. The van der Waals surface area contributed by atoms with Crippen LogP contribution in [-0.4, -0.2) is 63.0 Å². The molecule has 11 nitrogen and oxygen atoms in total. The molecule has 3 aromatic carbocycles. The maximum Gasteiger partial charge on any atom is 0.271 e. The van der Waals surface area contributed by atoms with Gasteiger partial charge in [-0.15, -0.1) is 0 Å². The van der Waals surface area contributed by atoms with Crippen LogP contribution in [0.3, 0.4) is 0 Å². The van der Waals surface area contributed by atoms with Crippen molar-refractivity contribution in [2.75, 3.05) is 38.2 Å². The van der Waals surface area contributed by atoms with Crippen molar-refractivity contribution in [1.82, 2.24) is 14.8 Å². The first-order valence-electron chi connectivity index (χ1n) is 15.7. The molecular weight excluding hydrogens is 618 g/mol. The van der Waals surface area contributed by atoms with E-state index >= 15 is 4.79 Å². The molecule has 12 heteroatoms. The number of likely N-dealkylation sites (tertiary alicyclic amines) is 2. The molecule has 2 fully saturated rings. The third-order valence-corrected chi connectivity index (χ3v) is 11.2. The molecule has 242 valence electrons. The average molecular weight is 654 g/mol. The zero-order valence-corrected chi connectivity index (χ0v) is 27.1. The summed E-state index contributed by atoms with van der Waals surface area (Å²) in [6, 6.07) is 18.2. The summed E-state index contributed by atoms with van der Waals surface area (Å²) in [5.41, 5.74) is 0.647. The second kappa shape index (κ2) is 12.2. The number of nitrogens with zero attached hydrogens (tertiary/aromatic N) is 5. The molecule has 47 heavy (non-hydrogen) atoms. The standard InChI is InChI=1S/C35H35N5O6S/c1-44-26-9-11-27(12-10-26)47(42,43)40-30-14-8-24(22-36)20-29(30)35(34(40)41,39-18-5-6-31(39)33-37-15-19-46-33)28-13-7-25(21-32(28)45-2)23-38-16-3-4-17-38/h7-15,19-21,31H,3-6,16-18,23H2,1-2H3. The zero-order chi connectivity index (χ0) is 32.8. The summed E-state index contributed by atoms with van der Waals surface area (Å²) in [6.45, 7) is 3.19. The van der Waals surface area contributed by atoms with Crippen LogP contribution in [0.2, 0.25) is 0 Å². The first-order chi connectivity index (χ1) is 22.8. The van der Waals surface area contributed by atoms with Crippen molar-refractivity contribution in [2.24, 2.45) is 0 Å². The highest BCUT2D eigenvalue weighted by Crippen LogP contribution is 2.56. The fraction of sp³-hybridized carbons (Fsp3) is 0.343. The van der Waals surface area contributed by atoms with E-state index in [1.54, 1.807) is 37.6 Å². The molecule has 0 bridgehead atoms. The summed E-state index contributed by atoms with van der Waals surface area (Å²) >= 11 is 0. The summed E-state index contributed by atoms with van der Waals surface area (Å²) in [4.78, 5) is 24.2. The van der Waals surface area contributed by atoms with E-state index in [4.69, 9.17) is 13.9 Å². The van der Waals surface area contributed by atoms with Crippen molar-refractivity contribution in [2.45, 2.75) is 48.7 Å². The predicted octanol–water partition coefficient (Wildman–Crippen LogP) is 4.98. The third-order valence-electron chi connectivity index (χ3n) is 9.51. The smallest absolute Gasteiger partial charge is 0.271 e. The Balaban J connectivity index is 1.48. The number of hydrogen-bond acceptors (Lipinski definition) is 10. The Morgan fingerprint density at radius 3 is 2.45 bits per heavy atom. The number of carbonyl (C=O) groups excluding carboxylic acids is 1. The molecule has 7 rings (SSSR count). The molecule has 2 unspecified atom stereocenters. The molecule has 3 aliphatic rings. The molecule has 2 saturated heterocycles. The fourth-order valence-electron chi connectivity index (χ4n) is 7.38. The number of hydrogen-bond donors (Lipinski definition) is 0. The second-order valence-corrected chi connectivity index (χ2v) is 13.8. The van der Waals surface area contributed by atoms with Gasteiger partial charge in [0, 0.05) is 24.2 Å². The monoisotopic (exact) mass is 653 g/mol. The topological polar surface area (TPSA) is 129 Å². The van der Waals surface area contributed by atoms with Gasteiger partial charge in [0.05, 0.1) is 48.7 Å². The van der Waals surface area contributed by atoms with Crippen LogP contribution in [0.5, 0.6) is 11.5 Å². The molecule has 0 aliphatic carbocycles. The van der Waals surface area contributed by atoms with Crippen LogP contribution in [0.4, 0.5) is 5.69 Å². The van der Waals surface area contributed by atoms with Crippen LogP contribution in [0.15, 0.2) is 82.4 Å². The minimum absolute atomic E-state index is 0.0728. The van der Waals surface area contributed by atoms with E-state index in [1.807, 2.05) is 23.1 Å². The number of benzene rings is 3. The number of nitriles is 1. The number of fused-ring (bicyclic) bond motifs is 1. The van der Waals surface area contributed by atoms with Gasteiger partial charge in [0.15, 0.2) is 5.54 Å². The minimum atomic E-state index is -4.44. The Hall–Kier alpha value is -4.70. The lowest BCUT2D eigenvalue weighted by Crippen LogP contribution is -2.54. The van der Waals surface area contributed by atoms with Crippen molar-refractivity contribution >= 4 is 21.6 Å². The Kier molecular flexibility index (Phi) is 8.00. The van der Waals surface area contributed by atoms with Crippen molar-refractivity contribution in [3.8, 4) is 17.6 Å². The normalized spacial score (nSPS) is 21.6. The number of oxazole rings is 1. The van der Waals surface area contributed by atoms with Gasteiger partial charge in [0.25, 0.3) is 15.9 Å². The number of carbonyl (C=O) groups is 1. The van der Waals surface area contributed by atoms with E-state index in [0.29, 0.717) is 53.5 Å². The largest absolute Gasteiger partial charge is 0.497 e. The Bertz CT molecular complexity index is 1950. The van der Waals surface area contributed by atoms with Gasteiger partial charge < -0.3 is 13.9 Å². The first kappa shape index (κ1) is 30.9. The number of methoxy groups -OCH3 is 2. The highest BCUT2D eigenvalue weighted by molar-refractivity contribution is 7.93.